The quantitative estimate of drug-likeness (QED) is 0.692. The van der Waals surface area contributed by atoms with E-state index in [2.05, 4.69) is 25.6 Å². The molecule has 2 aliphatic rings. The second kappa shape index (κ2) is 8.60. The summed E-state index contributed by atoms with van der Waals surface area (Å²) in [5.41, 5.74) is 0.868. The molecule has 0 saturated carbocycles. The third kappa shape index (κ3) is 4.21. The average Bonchev–Trinajstić information content (AvgIpc) is 3.16. The summed E-state index contributed by atoms with van der Waals surface area (Å²) < 4.78 is 40.7. The molecule has 0 radical (unpaired) electrons. The summed E-state index contributed by atoms with van der Waals surface area (Å²) in [4.78, 5) is 12.8. The molecular weight excluding hydrogens is 431 g/mol. The van der Waals surface area contributed by atoms with E-state index >= 15 is 0 Å². The van der Waals surface area contributed by atoms with Crippen LogP contribution < -0.4 is 10.6 Å². The molecule has 2 aromatic rings. The Morgan fingerprint density at radius 1 is 1.33 bits per heavy atom. The Kier molecular flexibility index (Phi) is 6.08. The van der Waals surface area contributed by atoms with E-state index in [1.807, 2.05) is 6.07 Å². The van der Waals surface area contributed by atoms with Crippen molar-refractivity contribution in [3.05, 3.63) is 40.7 Å². The van der Waals surface area contributed by atoms with Gasteiger partial charge >= 0.3 is 0 Å². The maximum Gasteiger partial charge on any atom is 0.214 e. The lowest BCUT2D eigenvalue weighted by molar-refractivity contribution is 0.262. The second-order valence-electron chi connectivity index (χ2n) is 7.49. The summed E-state index contributed by atoms with van der Waals surface area (Å²) in [5.74, 6) is 0.530. The number of sulfonamides is 1. The van der Waals surface area contributed by atoms with E-state index in [-0.39, 0.29) is 23.5 Å². The molecule has 30 heavy (non-hydrogen) atoms. The zero-order valence-electron chi connectivity index (χ0n) is 16.6. The molecule has 4 rings (SSSR count). The van der Waals surface area contributed by atoms with Crippen LogP contribution in [0.5, 0.6) is 0 Å². The topological polar surface area (TPSA) is 100 Å². The number of aromatic nitrogens is 3. The summed E-state index contributed by atoms with van der Waals surface area (Å²) in [7, 11) is -3.30. The van der Waals surface area contributed by atoms with Crippen molar-refractivity contribution in [2.45, 2.75) is 38.1 Å². The highest BCUT2D eigenvalue weighted by Crippen LogP contribution is 2.35. The van der Waals surface area contributed by atoms with Gasteiger partial charge in [0, 0.05) is 37.4 Å². The Balaban J connectivity index is 1.53. The van der Waals surface area contributed by atoms with Gasteiger partial charge in [-0.3, -0.25) is 0 Å². The molecule has 162 valence electrons. The van der Waals surface area contributed by atoms with Crippen LogP contribution in [-0.4, -0.2) is 59.1 Å². The van der Waals surface area contributed by atoms with Gasteiger partial charge in [0.05, 0.1) is 22.9 Å². The van der Waals surface area contributed by atoms with E-state index in [0.29, 0.717) is 30.5 Å². The Bertz CT molecular complexity index is 1040. The molecule has 0 bridgehead atoms. The Labute approximate surface area is 180 Å². The first kappa shape index (κ1) is 21.2. The van der Waals surface area contributed by atoms with Crippen molar-refractivity contribution in [2.75, 3.05) is 36.0 Å². The number of anilines is 2. The van der Waals surface area contributed by atoms with Crippen molar-refractivity contribution in [2.24, 2.45) is 0 Å². The predicted molar refractivity (Wildman–Crippen MR) is 114 cm³/mol. The molecule has 1 fully saturated rings. The van der Waals surface area contributed by atoms with Gasteiger partial charge in [0.15, 0.2) is 11.6 Å². The van der Waals surface area contributed by atoms with E-state index in [1.165, 1.54) is 4.31 Å². The van der Waals surface area contributed by atoms with Crippen LogP contribution in [0.4, 0.5) is 16.0 Å². The number of piperidine rings is 1. The molecule has 0 amide bonds. The van der Waals surface area contributed by atoms with Gasteiger partial charge in [0.25, 0.3) is 0 Å². The fraction of sp³-hybridized carbons (Fsp3) is 0.526. The van der Waals surface area contributed by atoms with Crippen molar-refractivity contribution >= 4 is 33.3 Å². The summed E-state index contributed by atoms with van der Waals surface area (Å²) in [5, 5.41) is 6.71. The number of hydrogen-bond acceptors (Lipinski definition) is 7. The molecule has 0 aromatic carbocycles. The first-order valence-corrected chi connectivity index (χ1v) is 12.0. The van der Waals surface area contributed by atoms with Crippen molar-refractivity contribution in [3.63, 3.8) is 0 Å². The molecule has 2 atom stereocenters. The van der Waals surface area contributed by atoms with Crippen LogP contribution in [0.3, 0.4) is 0 Å². The predicted octanol–water partition coefficient (Wildman–Crippen LogP) is 2.84. The molecule has 4 heterocycles. The van der Waals surface area contributed by atoms with Crippen LogP contribution in [0.1, 0.15) is 43.5 Å². The van der Waals surface area contributed by atoms with E-state index in [4.69, 9.17) is 11.6 Å². The summed E-state index contributed by atoms with van der Waals surface area (Å²) in [6, 6.07) is 1.59. The average molecular weight is 455 g/mol. The van der Waals surface area contributed by atoms with Crippen molar-refractivity contribution in [3.8, 4) is 0 Å². The van der Waals surface area contributed by atoms with Gasteiger partial charge in [-0.1, -0.05) is 18.0 Å². The van der Waals surface area contributed by atoms with Crippen LogP contribution in [0, 0.1) is 5.82 Å². The maximum absolute atomic E-state index is 14.4. The number of halogens is 2. The number of rotatable bonds is 6. The molecule has 2 N–H and O–H groups in total. The summed E-state index contributed by atoms with van der Waals surface area (Å²) in [6.45, 7) is 2.97. The van der Waals surface area contributed by atoms with E-state index in [0.717, 1.165) is 36.8 Å². The number of hydrogen-bond donors (Lipinski definition) is 2. The Morgan fingerprint density at radius 3 is 2.97 bits per heavy atom. The van der Waals surface area contributed by atoms with Gasteiger partial charge in [0.1, 0.15) is 11.6 Å². The third-order valence-electron chi connectivity index (χ3n) is 5.61. The number of nitrogens with one attached hydrogen (secondary N) is 2. The Hall–Kier alpha value is -2.04. The molecule has 11 heteroatoms. The first-order valence-electron chi connectivity index (χ1n) is 10.0. The lowest BCUT2D eigenvalue weighted by atomic mass is 10.0. The van der Waals surface area contributed by atoms with Crippen LogP contribution >= 0.6 is 11.6 Å². The highest BCUT2D eigenvalue weighted by molar-refractivity contribution is 7.89. The largest absolute Gasteiger partial charge is 0.369 e. The molecule has 2 unspecified atom stereocenters. The number of pyridine rings is 1. The molecule has 2 aromatic heterocycles. The minimum atomic E-state index is -3.30. The Morgan fingerprint density at radius 2 is 2.17 bits per heavy atom. The second-order valence-corrected chi connectivity index (χ2v) is 10.1. The molecular formula is C19H24ClFN6O2S. The van der Waals surface area contributed by atoms with Gasteiger partial charge in [-0.15, -0.1) is 0 Å². The third-order valence-corrected chi connectivity index (χ3v) is 7.74. The number of fused-ring (bicyclic) bond motifs is 1. The van der Waals surface area contributed by atoms with Gasteiger partial charge in [0.2, 0.25) is 10.0 Å². The summed E-state index contributed by atoms with van der Waals surface area (Å²) in [6.07, 6.45) is 5.22. The molecule has 0 aliphatic carbocycles. The van der Waals surface area contributed by atoms with Gasteiger partial charge in [-0.2, -0.15) is 4.31 Å². The first-order chi connectivity index (χ1) is 14.4. The minimum absolute atomic E-state index is 0.0558. The molecule has 2 aliphatic heterocycles. The van der Waals surface area contributed by atoms with Crippen LogP contribution in [-0.2, 0) is 10.0 Å². The lowest BCUT2D eigenvalue weighted by Crippen LogP contribution is -2.47. The standard InChI is InChI=1S/C19H24ClFN6O2S/c1-2-30(28,29)27-6-4-3-5-13(27)9-23-19-16(21)11-25-18(26-19)15-10-24-17-14(15)7-12(20)8-22-17/h7-8,11,13,15H,2-6,9-10H2,1H3,(H,22,24)(H,23,25,26). The SMILES string of the molecule is CCS(=O)(=O)N1CCCCC1CNc1nc(C2CNc3ncc(Cl)cc32)ncc1F. The van der Waals surface area contributed by atoms with Gasteiger partial charge in [-0.25, -0.2) is 27.8 Å². The zero-order chi connectivity index (χ0) is 21.3. The van der Waals surface area contributed by atoms with Crippen molar-refractivity contribution in [1.29, 1.82) is 0 Å². The molecule has 0 spiro atoms. The number of nitrogens with zero attached hydrogens (tertiary/aromatic N) is 4. The zero-order valence-corrected chi connectivity index (χ0v) is 18.2. The monoisotopic (exact) mass is 454 g/mol. The van der Waals surface area contributed by atoms with Crippen LogP contribution in [0.25, 0.3) is 0 Å². The molecule has 1 saturated heterocycles. The van der Waals surface area contributed by atoms with Gasteiger partial charge < -0.3 is 10.6 Å². The minimum Gasteiger partial charge on any atom is -0.369 e. The fourth-order valence-corrected chi connectivity index (χ4v) is 5.54. The van der Waals surface area contributed by atoms with Crippen LogP contribution in [0.2, 0.25) is 5.02 Å². The lowest BCUT2D eigenvalue weighted by Gasteiger charge is -2.34. The highest BCUT2D eigenvalue weighted by Gasteiger charge is 2.32. The van der Waals surface area contributed by atoms with E-state index in [9.17, 15) is 12.8 Å². The van der Waals surface area contributed by atoms with E-state index in [1.54, 1.807) is 13.1 Å². The van der Waals surface area contributed by atoms with Crippen molar-refractivity contribution in [1.82, 2.24) is 19.3 Å². The fourth-order valence-electron chi connectivity index (χ4n) is 4.00. The highest BCUT2D eigenvalue weighted by atomic mass is 35.5. The van der Waals surface area contributed by atoms with E-state index < -0.39 is 15.8 Å². The van der Waals surface area contributed by atoms with Crippen LogP contribution in [0.15, 0.2) is 18.5 Å². The summed E-state index contributed by atoms with van der Waals surface area (Å²) >= 11 is 6.07. The van der Waals surface area contributed by atoms with Gasteiger partial charge in [-0.05, 0) is 25.8 Å². The van der Waals surface area contributed by atoms with Crippen molar-refractivity contribution < 1.29 is 12.8 Å². The normalized spacial score (nSPS) is 21.8. The smallest absolute Gasteiger partial charge is 0.214 e. The molecule has 8 nitrogen and oxygen atoms in total. The maximum atomic E-state index is 14.4.